The summed E-state index contributed by atoms with van der Waals surface area (Å²) in [5.74, 6) is 2.21. The average Bonchev–Trinajstić information content (AvgIpc) is 3.12. The molecule has 0 saturated heterocycles. The fourth-order valence-corrected chi connectivity index (χ4v) is 2.70. The number of aromatic nitrogens is 4. The second-order valence-corrected chi connectivity index (χ2v) is 5.60. The van der Waals surface area contributed by atoms with Crippen LogP contribution in [-0.4, -0.2) is 46.5 Å². The minimum absolute atomic E-state index is 0.0918. The smallest absolute Gasteiger partial charge is 0.250 e. The third-order valence-electron chi connectivity index (χ3n) is 3.84. The Labute approximate surface area is 139 Å². The summed E-state index contributed by atoms with van der Waals surface area (Å²) in [5.41, 5.74) is 0.913. The quantitative estimate of drug-likeness (QED) is 0.731. The van der Waals surface area contributed by atoms with Crippen LogP contribution in [0.2, 0.25) is 0 Å². The summed E-state index contributed by atoms with van der Waals surface area (Å²) in [6.07, 6.45) is -0.0918. The SMILES string of the molecule is CN(C[C@H]1COc2ccccc2O1)c1nnnn1-c1ccccc1. The van der Waals surface area contributed by atoms with Crippen molar-refractivity contribution >= 4 is 5.95 Å². The Morgan fingerprint density at radius 3 is 2.67 bits per heavy atom. The summed E-state index contributed by atoms with van der Waals surface area (Å²) < 4.78 is 13.5. The summed E-state index contributed by atoms with van der Waals surface area (Å²) in [6.45, 7) is 1.11. The molecule has 4 rings (SSSR count). The first-order valence-electron chi connectivity index (χ1n) is 7.75. The molecule has 0 radical (unpaired) electrons. The Hall–Kier alpha value is -3.09. The molecule has 7 heteroatoms. The molecule has 0 saturated carbocycles. The monoisotopic (exact) mass is 323 g/mol. The topological polar surface area (TPSA) is 65.3 Å². The van der Waals surface area contributed by atoms with Crippen molar-refractivity contribution in [1.29, 1.82) is 0 Å². The molecular formula is C17H17N5O2. The Kier molecular flexibility index (Phi) is 3.74. The van der Waals surface area contributed by atoms with E-state index in [0.29, 0.717) is 19.1 Å². The maximum atomic E-state index is 6.00. The lowest BCUT2D eigenvalue weighted by atomic mass is 10.2. The van der Waals surface area contributed by atoms with E-state index in [-0.39, 0.29) is 6.10 Å². The van der Waals surface area contributed by atoms with Crippen molar-refractivity contribution in [2.75, 3.05) is 25.1 Å². The highest BCUT2D eigenvalue weighted by molar-refractivity contribution is 5.42. The molecule has 0 bridgehead atoms. The lowest BCUT2D eigenvalue weighted by Crippen LogP contribution is -2.40. The molecule has 2 heterocycles. The summed E-state index contributed by atoms with van der Waals surface area (Å²) >= 11 is 0. The van der Waals surface area contributed by atoms with Gasteiger partial charge in [0.25, 0.3) is 0 Å². The van der Waals surface area contributed by atoms with E-state index in [9.17, 15) is 0 Å². The van der Waals surface area contributed by atoms with Crippen LogP contribution in [0, 0.1) is 0 Å². The zero-order valence-corrected chi connectivity index (χ0v) is 13.2. The Bertz CT molecular complexity index is 821. The standard InChI is InChI=1S/C17H17N5O2/c1-21(11-14-12-23-15-9-5-6-10-16(15)24-14)17-18-19-20-22(17)13-7-3-2-4-8-13/h2-10,14H,11-12H2,1H3/t14-/m0/s1. The number of tetrazole rings is 1. The van der Waals surface area contributed by atoms with Gasteiger partial charge in [0.05, 0.1) is 12.2 Å². The molecule has 0 unspecified atom stereocenters. The summed E-state index contributed by atoms with van der Waals surface area (Å²) in [7, 11) is 1.94. The van der Waals surface area contributed by atoms with E-state index < -0.39 is 0 Å². The van der Waals surface area contributed by atoms with Crippen molar-refractivity contribution in [1.82, 2.24) is 20.2 Å². The molecule has 3 aromatic rings. The molecule has 0 fully saturated rings. The van der Waals surface area contributed by atoms with Gasteiger partial charge in [0, 0.05) is 7.05 Å². The van der Waals surface area contributed by atoms with Crippen molar-refractivity contribution in [2.24, 2.45) is 0 Å². The fourth-order valence-electron chi connectivity index (χ4n) is 2.70. The predicted molar refractivity (Wildman–Crippen MR) is 88.8 cm³/mol. The predicted octanol–water partition coefficient (Wildman–Crippen LogP) is 1.94. The number of rotatable bonds is 4. The Balaban J connectivity index is 1.50. The van der Waals surface area contributed by atoms with E-state index >= 15 is 0 Å². The number of likely N-dealkylation sites (N-methyl/N-ethyl adjacent to an activating group) is 1. The molecule has 1 atom stereocenters. The molecular weight excluding hydrogens is 306 g/mol. The number of hydrogen-bond donors (Lipinski definition) is 0. The normalized spacial score (nSPS) is 16.0. The first-order valence-corrected chi connectivity index (χ1v) is 7.75. The van der Waals surface area contributed by atoms with Crippen LogP contribution in [0.15, 0.2) is 54.6 Å². The van der Waals surface area contributed by atoms with Gasteiger partial charge in [0.15, 0.2) is 17.6 Å². The molecule has 1 aliphatic rings. The maximum absolute atomic E-state index is 6.00. The van der Waals surface area contributed by atoms with Gasteiger partial charge in [-0.15, -0.1) is 0 Å². The Morgan fingerprint density at radius 1 is 1.08 bits per heavy atom. The second-order valence-electron chi connectivity index (χ2n) is 5.60. The number of fused-ring (bicyclic) bond motifs is 1. The number of para-hydroxylation sites is 3. The number of hydrogen-bond acceptors (Lipinski definition) is 6. The van der Waals surface area contributed by atoms with Gasteiger partial charge in [-0.2, -0.15) is 4.68 Å². The fraction of sp³-hybridized carbons (Fsp3) is 0.235. The van der Waals surface area contributed by atoms with Gasteiger partial charge in [0.1, 0.15) is 6.61 Å². The van der Waals surface area contributed by atoms with Gasteiger partial charge < -0.3 is 14.4 Å². The van der Waals surface area contributed by atoms with Crippen LogP contribution >= 0.6 is 0 Å². The van der Waals surface area contributed by atoms with E-state index in [1.807, 2.05) is 66.5 Å². The molecule has 2 aromatic carbocycles. The molecule has 122 valence electrons. The molecule has 0 N–H and O–H groups in total. The highest BCUT2D eigenvalue weighted by atomic mass is 16.6. The lowest BCUT2D eigenvalue weighted by molar-refractivity contribution is 0.0958. The number of ether oxygens (including phenoxy) is 2. The van der Waals surface area contributed by atoms with E-state index in [0.717, 1.165) is 17.2 Å². The maximum Gasteiger partial charge on any atom is 0.250 e. The highest BCUT2D eigenvalue weighted by Gasteiger charge is 2.24. The number of benzene rings is 2. The van der Waals surface area contributed by atoms with Gasteiger partial charge >= 0.3 is 0 Å². The molecule has 7 nitrogen and oxygen atoms in total. The van der Waals surface area contributed by atoms with Crippen molar-refractivity contribution < 1.29 is 9.47 Å². The summed E-state index contributed by atoms with van der Waals surface area (Å²) in [5, 5.41) is 12.0. The van der Waals surface area contributed by atoms with Crippen LogP contribution in [-0.2, 0) is 0 Å². The van der Waals surface area contributed by atoms with Crippen molar-refractivity contribution in [3.63, 3.8) is 0 Å². The van der Waals surface area contributed by atoms with Crippen molar-refractivity contribution in [3.05, 3.63) is 54.6 Å². The summed E-state index contributed by atoms with van der Waals surface area (Å²) in [4.78, 5) is 1.97. The lowest BCUT2D eigenvalue weighted by Gasteiger charge is -2.29. The van der Waals surface area contributed by atoms with Gasteiger partial charge in [-0.1, -0.05) is 35.4 Å². The van der Waals surface area contributed by atoms with Crippen LogP contribution in [0.4, 0.5) is 5.95 Å². The minimum Gasteiger partial charge on any atom is -0.486 e. The first-order chi connectivity index (χ1) is 11.8. The first kappa shape index (κ1) is 14.5. The molecule has 0 amide bonds. The number of nitrogens with zero attached hydrogens (tertiary/aromatic N) is 5. The van der Waals surface area contributed by atoms with Crippen LogP contribution in [0.3, 0.4) is 0 Å². The van der Waals surface area contributed by atoms with Crippen molar-refractivity contribution in [2.45, 2.75) is 6.10 Å². The van der Waals surface area contributed by atoms with E-state index in [1.165, 1.54) is 0 Å². The van der Waals surface area contributed by atoms with E-state index in [2.05, 4.69) is 15.5 Å². The van der Waals surface area contributed by atoms with E-state index in [1.54, 1.807) is 4.68 Å². The highest BCUT2D eigenvalue weighted by Crippen LogP contribution is 2.31. The zero-order chi connectivity index (χ0) is 16.4. The van der Waals surface area contributed by atoms with Gasteiger partial charge in [-0.05, 0) is 34.7 Å². The van der Waals surface area contributed by atoms with Crippen LogP contribution < -0.4 is 14.4 Å². The Morgan fingerprint density at radius 2 is 1.83 bits per heavy atom. The zero-order valence-electron chi connectivity index (χ0n) is 13.2. The van der Waals surface area contributed by atoms with Crippen LogP contribution in [0.1, 0.15) is 0 Å². The van der Waals surface area contributed by atoms with Crippen LogP contribution in [0.25, 0.3) is 5.69 Å². The van der Waals surface area contributed by atoms with E-state index in [4.69, 9.17) is 9.47 Å². The van der Waals surface area contributed by atoms with Gasteiger partial charge in [-0.3, -0.25) is 0 Å². The van der Waals surface area contributed by atoms with Gasteiger partial charge in [0.2, 0.25) is 5.95 Å². The van der Waals surface area contributed by atoms with Crippen LogP contribution in [0.5, 0.6) is 11.5 Å². The molecule has 24 heavy (non-hydrogen) atoms. The van der Waals surface area contributed by atoms with Crippen molar-refractivity contribution in [3.8, 4) is 17.2 Å². The molecule has 0 aliphatic carbocycles. The summed E-state index contributed by atoms with van der Waals surface area (Å²) in [6, 6.07) is 17.5. The van der Waals surface area contributed by atoms with Gasteiger partial charge in [-0.25, -0.2) is 0 Å². The largest absolute Gasteiger partial charge is 0.486 e. The minimum atomic E-state index is -0.0918. The molecule has 0 spiro atoms. The average molecular weight is 323 g/mol. The third kappa shape index (κ3) is 2.76. The number of anilines is 1. The molecule has 1 aromatic heterocycles. The molecule has 1 aliphatic heterocycles. The third-order valence-corrected chi connectivity index (χ3v) is 3.84. The second kappa shape index (κ2) is 6.19.